The Morgan fingerprint density at radius 2 is 1.86 bits per heavy atom. The van der Waals surface area contributed by atoms with E-state index in [0.717, 1.165) is 12.8 Å². The molecule has 0 aromatic heterocycles. The van der Waals surface area contributed by atoms with Gasteiger partial charge in [0.05, 0.1) is 6.54 Å². The molecule has 3 atom stereocenters. The second kappa shape index (κ2) is 7.25. The Morgan fingerprint density at radius 1 is 1.14 bits per heavy atom. The number of hydrogen-bond acceptors (Lipinski definition) is 2. The first-order valence-electron chi connectivity index (χ1n) is 7.70. The van der Waals surface area contributed by atoms with E-state index in [1.165, 1.54) is 6.42 Å². The Hall–Kier alpha value is -1.84. The molecule has 0 heterocycles. The molecule has 2 rings (SSSR count). The van der Waals surface area contributed by atoms with E-state index in [4.69, 9.17) is 0 Å². The zero-order valence-electron chi connectivity index (χ0n) is 12.8. The zero-order chi connectivity index (χ0) is 15.2. The van der Waals surface area contributed by atoms with E-state index in [9.17, 15) is 9.59 Å². The fraction of sp³-hybridized carbons (Fsp3) is 0.529. The number of benzene rings is 1. The van der Waals surface area contributed by atoms with Crippen molar-refractivity contribution in [3.8, 4) is 0 Å². The Balaban J connectivity index is 1.78. The first kappa shape index (κ1) is 15.5. The number of carbonyl (C=O) groups excluding carboxylic acids is 2. The minimum Gasteiger partial charge on any atom is -0.352 e. The molecule has 1 aromatic rings. The lowest BCUT2D eigenvalue weighted by Gasteiger charge is -2.34. The summed E-state index contributed by atoms with van der Waals surface area (Å²) < 4.78 is 0. The van der Waals surface area contributed by atoms with Crippen LogP contribution in [0.4, 0.5) is 0 Å². The topological polar surface area (TPSA) is 58.2 Å². The molecule has 21 heavy (non-hydrogen) atoms. The van der Waals surface area contributed by atoms with Crippen molar-refractivity contribution in [2.75, 3.05) is 6.54 Å². The van der Waals surface area contributed by atoms with Crippen LogP contribution in [-0.2, 0) is 4.79 Å². The lowest BCUT2D eigenvalue weighted by molar-refractivity contribution is -0.121. The van der Waals surface area contributed by atoms with Crippen LogP contribution in [0, 0.1) is 11.8 Å². The van der Waals surface area contributed by atoms with E-state index in [0.29, 0.717) is 17.4 Å². The molecule has 0 radical (unpaired) electrons. The first-order valence-corrected chi connectivity index (χ1v) is 7.70. The second-order valence-electron chi connectivity index (χ2n) is 5.99. The van der Waals surface area contributed by atoms with Gasteiger partial charge in [-0.15, -0.1) is 0 Å². The lowest BCUT2D eigenvalue weighted by Crippen LogP contribution is -2.47. The predicted molar refractivity (Wildman–Crippen MR) is 82.9 cm³/mol. The molecule has 1 saturated carbocycles. The molecule has 0 unspecified atom stereocenters. The van der Waals surface area contributed by atoms with Gasteiger partial charge in [0.2, 0.25) is 5.91 Å². The number of nitrogens with one attached hydrogen (secondary N) is 2. The van der Waals surface area contributed by atoms with Crippen LogP contribution in [0.3, 0.4) is 0 Å². The van der Waals surface area contributed by atoms with Crippen molar-refractivity contribution in [3.63, 3.8) is 0 Å². The maximum atomic E-state index is 12.0. The van der Waals surface area contributed by atoms with Gasteiger partial charge in [-0.3, -0.25) is 9.59 Å². The third-order valence-corrected chi connectivity index (χ3v) is 4.50. The fourth-order valence-corrected chi connectivity index (χ4v) is 2.90. The number of carbonyl (C=O) groups is 2. The molecule has 2 amide bonds. The summed E-state index contributed by atoms with van der Waals surface area (Å²) in [5.74, 6) is 0.816. The van der Waals surface area contributed by atoms with Gasteiger partial charge in [-0.2, -0.15) is 0 Å². The van der Waals surface area contributed by atoms with Crippen molar-refractivity contribution < 1.29 is 9.59 Å². The average Bonchev–Trinajstić information content (AvgIpc) is 2.50. The van der Waals surface area contributed by atoms with Crippen molar-refractivity contribution in [1.82, 2.24) is 10.6 Å². The Bertz CT molecular complexity index is 487. The highest BCUT2D eigenvalue weighted by Crippen LogP contribution is 2.29. The summed E-state index contributed by atoms with van der Waals surface area (Å²) in [6.45, 7) is 4.46. The monoisotopic (exact) mass is 288 g/mol. The number of amides is 2. The van der Waals surface area contributed by atoms with Crippen LogP contribution in [0.1, 0.15) is 43.5 Å². The van der Waals surface area contributed by atoms with Crippen LogP contribution < -0.4 is 10.6 Å². The van der Waals surface area contributed by atoms with Gasteiger partial charge >= 0.3 is 0 Å². The summed E-state index contributed by atoms with van der Waals surface area (Å²) in [6, 6.07) is 9.17. The van der Waals surface area contributed by atoms with Crippen LogP contribution in [0.2, 0.25) is 0 Å². The van der Waals surface area contributed by atoms with Crippen molar-refractivity contribution in [2.24, 2.45) is 11.8 Å². The number of hydrogen-bond donors (Lipinski definition) is 2. The zero-order valence-corrected chi connectivity index (χ0v) is 12.8. The smallest absolute Gasteiger partial charge is 0.251 e. The highest BCUT2D eigenvalue weighted by molar-refractivity contribution is 5.96. The standard InChI is InChI=1S/C17H24N2O2/c1-12-7-6-10-15(13(12)2)19-16(20)11-18-17(21)14-8-4-3-5-9-14/h3-5,8-9,12-13,15H,6-7,10-11H2,1-2H3,(H,18,21)(H,19,20)/t12-,13-,15+/m1/s1. The van der Waals surface area contributed by atoms with Gasteiger partial charge in [0, 0.05) is 11.6 Å². The van der Waals surface area contributed by atoms with Crippen LogP contribution in [-0.4, -0.2) is 24.4 Å². The molecule has 4 nitrogen and oxygen atoms in total. The van der Waals surface area contributed by atoms with E-state index in [2.05, 4.69) is 24.5 Å². The van der Waals surface area contributed by atoms with Crippen molar-refractivity contribution in [2.45, 2.75) is 39.2 Å². The fourth-order valence-electron chi connectivity index (χ4n) is 2.90. The van der Waals surface area contributed by atoms with Gasteiger partial charge in [0.15, 0.2) is 0 Å². The van der Waals surface area contributed by atoms with Crippen LogP contribution >= 0.6 is 0 Å². The summed E-state index contributed by atoms with van der Waals surface area (Å²) in [6.07, 6.45) is 3.43. The number of rotatable bonds is 4. The van der Waals surface area contributed by atoms with Crippen molar-refractivity contribution >= 4 is 11.8 Å². The van der Waals surface area contributed by atoms with Gasteiger partial charge in [0.25, 0.3) is 5.91 Å². The molecule has 1 fully saturated rings. The Labute approximate surface area is 126 Å². The summed E-state index contributed by atoms with van der Waals surface area (Å²) in [4.78, 5) is 23.8. The Morgan fingerprint density at radius 3 is 2.57 bits per heavy atom. The molecule has 0 aliphatic heterocycles. The Kier molecular flexibility index (Phi) is 5.37. The van der Waals surface area contributed by atoms with Crippen LogP contribution in [0.25, 0.3) is 0 Å². The molecule has 2 N–H and O–H groups in total. The molecule has 1 aliphatic carbocycles. The third kappa shape index (κ3) is 4.31. The van der Waals surface area contributed by atoms with E-state index in [1.54, 1.807) is 24.3 Å². The largest absolute Gasteiger partial charge is 0.352 e. The van der Waals surface area contributed by atoms with Gasteiger partial charge in [0.1, 0.15) is 0 Å². The predicted octanol–water partition coefficient (Wildman–Crippen LogP) is 2.36. The van der Waals surface area contributed by atoms with Crippen molar-refractivity contribution in [1.29, 1.82) is 0 Å². The highest BCUT2D eigenvalue weighted by atomic mass is 16.2. The molecule has 0 bridgehead atoms. The highest BCUT2D eigenvalue weighted by Gasteiger charge is 2.28. The first-order chi connectivity index (χ1) is 10.1. The molecule has 1 aromatic carbocycles. The van der Waals surface area contributed by atoms with Crippen LogP contribution in [0.15, 0.2) is 30.3 Å². The van der Waals surface area contributed by atoms with E-state index in [-0.39, 0.29) is 24.4 Å². The molecule has 1 aliphatic rings. The maximum absolute atomic E-state index is 12.0. The second-order valence-corrected chi connectivity index (χ2v) is 5.99. The van der Waals surface area contributed by atoms with E-state index >= 15 is 0 Å². The molecule has 114 valence electrons. The summed E-state index contributed by atoms with van der Waals surface area (Å²) in [5.41, 5.74) is 0.574. The van der Waals surface area contributed by atoms with Crippen LogP contribution in [0.5, 0.6) is 0 Å². The minimum atomic E-state index is -0.212. The molecule has 0 saturated heterocycles. The molecule has 0 spiro atoms. The SMILES string of the molecule is C[C@@H]1[C@H](C)CCC[C@@H]1NC(=O)CNC(=O)c1ccccc1. The molecular weight excluding hydrogens is 264 g/mol. The van der Waals surface area contributed by atoms with Gasteiger partial charge in [-0.1, -0.05) is 44.9 Å². The molecular formula is C17H24N2O2. The van der Waals surface area contributed by atoms with Gasteiger partial charge < -0.3 is 10.6 Å². The van der Waals surface area contributed by atoms with Gasteiger partial charge in [-0.25, -0.2) is 0 Å². The molecule has 4 heteroatoms. The summed E-state index contributed by atoms with van der Waals surface area (Å²) in [5, 5.41) is 5.72. The lowest BCUT2D eigenvalue weighted by atomic mass is 9.78. The average molecular weight is 288 g/mol. The summed E-state index contributed by atoms with van der Waals surface area (Å²) >= 11 is 0. The normalized spacial score (nSPS) is 25.1. The maximum Gasteiger partial charge on any atom is 0.251 e. The van der Waals surface area contributed by atoms with E-state index in [1.807, 2.05) is 6.07 Å². The minimum absolute atomic E-state index is 0.0331. The summed E-state index contributed by atoms with van der Waals surface area (Å²) in [7, 11) is 0. The van der Waals surface area contributed by atoms with Crippen molar-refractivity contribution in [3.05, 3.63) is 35.9 Å². The quantitative estimate of drug-likeness (QED) is 0.893. The van der Waals surface area contributed by atoms with E-state index < -0.39 is 0 Å². The third-order valence-electron chi connectivity index (χ3n) is 4.50. The van der Waals surface area contributed by atoms with Gasteiger partial charge in [-0.05, 0) is 30.4 Å².